The van der Waals surface area contributed by atoms with Crippen LogP contribution in [0.4, 0.5) is 10.8 Å². The third-order valence-corrected chi connectivity index (χ3v) is 6.17. The molecule has 3 heterocycles. The molecule has 0 bridgehead atoms. The average Bonchev–Trinajstić information content (AvgIpc) is 3.35. The number of ether oxygens (including phenoxy) is 3. The van der Waals surface area contributed by atoms with Crippen LogP contribution in [0.25, 0.3) is 0 Å². The maximum absolute atomic E-state index is 12.8. The normalized spacial score (nSPS) is 28.2. The lowest BCUT2D eigenvalue weighted by molar-refractivity contribution is -0.160. The highest BCUT2D eigenvalue weighted by molar-refractivity contribution is 7.13. The number of nitrogens with one attached hydrogen (secondary N) is 1. The van der Waals surface area contributed by atoms with Gasteiger partial charge in [0.15, 0.2) is 16.1 Å². The summed E-state index contributed by atoms with van der Waals surface area (Å²) in [5.74, 6) is -0.668. The Labute approximate surface area is 179 Å². The lowest BCUT2D eigenvalue weighted by atomic mass is 9.78. The molecule has 1 N–H and O–H groups in total. The second-order valence-corrected chi connectivity index (χ2v) is 9.43. The van der Waals surface area contributed by atoms with Gasteiger partial charge in [0.2, 0.25) is 0 Å². The number of hydrogen-bond acceptors (Lipinski definition) is 8. The Hall–Kier alpha value is -2.45. The van der Waals surface area contributed by atoms with Gasteiger partial charge in [-0.15, -0.1) is 11.3 Å². The van der Waals surface area contributed by atoms with Crippen LogP contribution in [0.2, 0.25) is 0 Å². The molecule has 4 rings (SSSR count). The van der Waals surface area contributed by atoms with E-state index in [4.69, 9.17) is 14.2 Å². The molecule has 2 aromatic rings. The zero-order valence-corrected chi connectivity index (χ0v) is 18.2. The van der Waals surface area contributed by atoms with Crippen LogP contribution in [0.1, 0.15) is 39.3 Å². The summed E-state index contributed by atoms with van der Waals surface area (Å²) in [7, 11) is 0. The number of nitrogens with zero attached hydrogens (tertiary/aromatic N) is 1. The Balaban J connectivity index is 1.46. The minimum atomic E-state index is -1.28. The minimum Gasteiger partial charge on any atom is -0.459 e. The molecule has 2 fully saturated rings. The number of benzene rings is 1. The molecule has 1 aromatic carbocycles. The first kappa shape index (κ1) is 20.8. The van der Waals surface area contributed by atoms with Crippen molar-refractivity contribution < 1.29 is 23.8 Å². The predicted molar refractivity (Wildman–Crippen MR) is 112 cm³/mol. The van der Waals surface area contributed by atoms with Crippen molar-refractivity contribution in [2.75, 3.05) is 18.5 Å². The monoisotopic (exact) mass is 430 g/mol. The van der Waals surface area contributed by atoms with Gasteiger partial charge >= 0.3 is 11.9 Å². The fourth-order valence-corrected chi connectivity index (χ4v) is 4.82. The smallest absolute Gasteiger partial charge is 0.324 e. The highest BCUT2D eigenvalue weighted by Gasteiger charge is 2.65. The number of aromatic nitrogens is 1. The van der Waals surface area contributed by atoms with Gasteiger partial charge in [-0.3, -0.25) is 9.59 Å². The molecule has 3 atom stereocenters. The van der Waals surface area contributed by atoms with E-state index in [0.717, 1.165) is 5.69 Å². The van der Waals surface area contributed by atoms with E-state index in [1.165, 1.54) is 11.3 Å². The van der Waals surface area contributed by atoms with Crippen molar-refractivity contribution in [2.45, 2.75) is 45.3 Å². The third-order valence-electron chi connectivity index (χ3n) is 5.41. The Morgan fingerprint density at radius 1 is 1.27 bits per heavy atom. The largest absolute Gasteiger partial charge is 0.459 e. The van der Waals surface area contributed by atoms with E-state index in [-0.39, 0.29) is 19.4 Å². The molecule has 0 unspecified atom stereocenters. The maximum Gasteiger partial charge on any atom is 0.324 e. The molecule has 2 saturated heterocycles. The van der Waals surface area contributed by atoms with Gasteiger partial charge in [0, 0.05) is 30.5 Å². The molecular weight excluding hydrogens is 404 g/mol. The van der Waals surface area contributed by atoms with Crippen LogP contribution in [0.15, 0.2) is 35.7 Å². The quantitative estimate of drug-likeness (QED) is 0.524. The summed E-state index contributed by atoms with van der Waals surface area (Å²) < 4.78 is 16.8. The van der Waals surface area contributed by atoms with Gasteiger partial charge in [-0.1, -0.05) is 32.0 Å². The average molecular weight is 431 g/mol. The molecule has 0 amide bonds. The van der Waals surface area contributed by atoms with Crippen molar-refractivity contribution in [1.82, 2.24) is 4.98 Å². The van der Waals surface area contributed by atoms with Crippen LogP contribution in [-0.2, 0) is 29.4 Å². The molecular formula is C22H26N2O5S. The van der Waals surface area contributed by atoms with Gasteiger partial charge in [0.25, 0.3) is 0 Å². The lowest BCUT2D eigenvalue weighted by Crippen LogP contribution is -2.32. The van der Waals surface area contributed by atoms with E-state index >= 15 is 0 Å². The molecule has 8 heteroatoms. The predicted octanol–water partition coefficient (Wildman–Crippen LogP) is 4.02. The zero-order valence-electron chi connectivity index (χ0n) is 17.3. The standard InChI is InChI=1S/C22H26N2O5S/c1-14(2)10-27-11-16-9-22(18(25)28-16)13-21(3,29-19(22)26)17-12-30-20(24-17)23-15-7-5-4-6-8-15/h4-8,12,14,16H,9-11,13H2,1-3H3,(H,23,24)/t16-,21-,22+/m0/s1. The summed E-state index contributed by atoms with van der Waals surface area (Å²) in [6, 6.07) is 9.72. The fraction of sp³-hybridized carbons (Fsp3) is 0.500. The van der Waals surface area contributed by atoms with Crippen LogP contribution in [-0.4, -0.2) is 36.2 Å². The number of rotatable bonds is 7. The SMILES string of the molecule is CC(C)COC[C@@H]1C[C@@]2(C[C@@](C)(c3csc(Nc4ccccc4)n3)OC2=O)C(=O)O1. The molecule has 0 radical (unpaired) electrons. The number of carbonyl (C=O) groups excluding carboxylic acids is 2. The van der Waals surface area contributed by atoms with Gasteiger partial charge in [0.05, 0.1) is 12.3 Å². The van der Waals surface area contributed by atoms with Crippen LogP contribution >= 0.6 is 11.3 Å². The van der Waals surface area contributed by atoms with E-state index in [2.05, 4.69) is 24.1 Å². The summed E-state index contributed by atoms with van der Waals surface area (Å²) in [6.45, 7) is 6.78. The molecule has 1 aromatic heterocycles. The van der Waals surface area contributed by atoms with Crippen LogP contribution in [0.3, 0.4) is 0 Å². The fourth-order valence-electron chi connectivity index (χ4n) is 3.97. The van der Waals surface area contributed by atoms with Gasteiger partial charge in [-0.05, 0) is 25.0 Å². The van der Waals surface area contributed by atoms with Crippen molar-refractivity contribution in [3.63, 3.8) is 0 Å². The Bertz CT molecular complexity index is 931. The van der Waals surface area contributed by atoms with Gasteiger partial charge in [-0.25, -0.2) is 4.98 Å². The van der Waals surface area contributed by atoms with Crippen LogP contribution < -0.4 is 5.32 Å². The van der Waals surface area contributed by atoms with E-state index in [1.807, 2.05) is 35.7 Å². The van der Waals surface area contributed by atoms with Gasteiger partial charge in [-0.2, -0.15) is 0 Å². The van der Waals surface area contributed by atoms with Gasteiger partial charge in [0.1, 0.15) is 6.10 Å². The van der Waals surface area contributed by atoms with Crippen molar-refractivity contribution in [1.29, 1.82) is 0 Å². The molecule has 30 heavy (non-hydrogen) atoms. The number of carbonyl (C=O) groups is 2. The van der Waals surface area contributed by atoms with E-state index in [1.54, 1.807) is 6.92 Å². The Kier molecular flexibility index (Phi) is 5.55. The van der Waals surface area contributed by atoms with E-state index < -0.39 is 29.1 Å². The summed E-state index contributed by atoms with van der Waals surface area (Å²) in [5, 5.41) is 5.80. The van der Waals surface area contributed by atoms with Crippen LogP contribution in [0.5, 0.6) is 0 Å². The Morgan fingerprint density at radius 2 is 2.03 bits per heavy atom. The first-order chi connectivity index (χ1) is 14.3. The first-order valence-corrected chi connectivity index (χ1v) is 11.0. The van der Waals surface area contributed by atoms with Crippen molar-refractivity contribution in [2.24, 2.45) is 11.3 Å². The summed E-state index contributed by atoms with van der Waals surface area (Å²) in [6.07, 6.45) is 0.0571. The number of esters is 2. The lowest BCUT2D eigenvalue weighted by Gasteiger charge is -2.20. The summed E-state index contributed by atoms with van der Waals surface area (Å²) in [5.41, 5.74) is -0.704. The minimum absolute atomic E-state index is 0.215. The number of thiazole rings is 1. The maximum atomic E-state index is 12.8. The second kappa shape index (κ2) is 8.00. The number of para-hydroxylation sites is 1. The molecule has 2 aliphatic rings. The van der Waals surface area contributed by atoms with Crippen LogP contribution in [0, 0.1) is 11.3 Å². The first-order valence-electron chi connectivity index (χ1n) is 10.1. The number of anilines is 2. The molecule has 1 spiro atoms. The topological polar surface area (TPSA) is 86.8 Å². The van der Waals surface area contributed by atoms with E-state index in [9.17, 15) is 9.59 Å². The summed E-state index contributed by atoms with van der Waals surface area (Å²) in [4.78, 5) is 30.1. The van der Waals surface area contributed by atoms with E-state index in [0.29, 0.717) is 23.4 Å². The highest BCUT2D eigenvalue weighted by atomic mass is 32.1. The molecule has 160 valence electrons. The second-order valence-electron chi connectivity index (χ2n) is 8.57. The van der Waals surface area contributed by atoms with Crippen molar-refractivity contribution >= 4 is 34.1 Å². The molecule has 7 nitrogen and oxygen atoms in total. The third kappa shape index (κ3) is 3.94. The van der Waals surface area contributed by atoms with Crippen molar-refractivity contribution in [3.05, 3.63) is 41.4 Å². The number of cyclic esters (lactones) is 2. The van der Waals surface area contributed by atoms with Crippen molar-refractivity contribution in [3.8, 4) is 0 Å². The highest BCUT2D eigenvalue weighted by Crippen LogP contribution is 2.52. The van der Waals surface area contributed by atoms with Gasteiger partial charge < -0.3 is 19.5 Å². The number of hydrogen-bond donors (Lipinski definition) is 1. The molecule has 0 aliphatic carbocycles. The molecule has 0 saturated carbocycles. The zero-order chi connectivity index (χ0) is 21.4. The summed E-state index contributed by atoms with van der Waals surface area (Å²) >= 11 is 1.43. The Morgan fingerprint density at radius 3 is 2.77 bits per heavy atom. The molecule has 2 aliphatic heterocycles.